The Kier molecular flexibility index (Phi) is 2.98. The Labute approximate surface area is 101 Å². The van der Waals surface area contributed by atoms with Gasteiger partial charge in [0, 0.05) is 5.56 Å². The van der Waals surface area contributed by atoms with Gasteiger partial charge in [-0.25, -0.2) is 0 Å². The van der Waals surface area contributed by atoms with E-state index in [9.17, 15) is 0 Å². The largest absolute Gasteiger partial charge is 0.497 e. The van der Waals surface area contributed by atoms with Crippen LogP contribution in [0.25, 0.3) is 11.3 Å². The van der Waals surface area contributed by atoms with Crippen LogP contribution < -0.4 is 4.74 Å². The molecule has 5 heteroatoms. The van der Waals surface area contributed by atoms with Crippen LogP contribution in [-0.2, 0) is 0 Å². The predicted octanol–water partition coefficient (Wildman–Crippen LogP) is 3.50. The van der Waals surface area contributed by atoms with E-state index < -0.39 is 0 Å². The van der Waals surface area contributed by atoms with Crippen molar-refractivity contribution in [2.75, 3.05) is 7.11 Å². The fraction of sp³-hybridized carbons (Fsp3) is 0.100. The van der Waals surface area contributed by atoms with Crippen LogP contribution in [0.1, 0.15) is 0 Å². The molecule has 0 bridgehead atoms. The highest BCUT2D eigenvalue weighted by Gasteiger charge is 2.09. The normalized spacial score (nSPS) is 10.3. The summed E-state index contributed by atoms with van der Waals surface area (Å²) in [5, 5.41) is 7.42. The van der Waals surface area contributed by atoms with Crippen molar-refractivity contribution in [1.82, 2.24) is 10.2 Å². The van der Waals surface area contributed by atoms with Gasteiger partial charge in [-0.2, -0.15) is 5.10 Å². The summed E-state index contributed by atoms with van der Waals surface area (Å²) < 4.78 is 5.96. The Morgan fingerprint density at radius 3 is 2.80 bits per heavy atom. The number of aromatic amines is 1. The Bertz CT molecular complexity index is 484. The van der Waals surface area contributed by atoms with Gasteiger partial charge < -0.3 is 4.74 Å². The molecule has 0 saturated heterocycles. The number of methoxy groups -OCH3 is 1. The number of H-pyrrole nitrogens is 1. The Morgan fingerprint density at radius 2 is 2.27 bits per heavy atom. The number of benzene rings is 1. The zero-order valence-corrected chi connectivity index (χ0v) is 10.3. The first-order valence-corrected chi connectivity index (χ1v) is 5.42. The molecule has 0 radical (unpaired) electrons. The van der Waals surface area contributed by atoms with Crippen molar-refractivity contribution < 1.29 is 4.74 Å². The van der Waals surface area contributed by atoms with Crippen molar-refractivity contribution in [3.05, 3.63) is 33.9 Å². The molecule has 1 heterocycles. The highest BCUT2D eigenvalue weighted by molar-refractivity contribution is 9.10. The number of nitrogens with one attached hydrogen (secondary N) is 1. The zero-order valence-electron chi connectivity index (χ0n) is 7.92. The number of nitrogens with zero attached hydrogens (tertiary/aromatic N) is 1. The molecule has 1 N–H and O–H groups in total. The van der Waals surface area contributed by atoms with E-state index in [1.54, 1.807) is 19.4 Å². The van der Waals surface area contributed by atoms with Crippen LogP contribution in [0.4, 0.5) is 0 Å². The molecule has 0 aliphatic rings. The molecule has 0 aliphatic heterocycles. The second-order valence-electron chi connectivity index (χ2n) is 2.94. The predicted molar refractivity (Wildman–Crippen MR) is 63.3 cm³/mol. The molecule has 2 aromatic rings. The van der Waals surface area contributed by atoms with Crippen LogP contribution in [0.5, 0.6) is 5.75 Å². The van der Waals surface area contributed by atoms with Crippen LogP contribution in [0.15, 0.2) is 28.9 Å². The zero-order chi connectivity index (χ0) is 10.8. The summed E-state index contributed by atoms with van der Waals surface area (Å²) in [6, 6.07) is 5.51. The molecule has 0 amide bonds. The van der Waals surface area contributed by atoms with E-state index in [-0.39, 0.29) is 0 Å². The van der Waals surface area contributed by atoms with Crippen molar-refractivity contribution in [1.29, 1.82) is 0 Å². The van der Waals surface area contributed by atoms with Crippen molar-refractivity contribution in [2.24, 2.45) is 0 Å². The number of hydrogen-bond acceptors (Lipinski definition) is 2. The Hall–Kier alpha value is -1.000. The van der Waals surface area contributed by atoms with E-state index in [1.807, 2.05) is 12.1 Å². The molecule has 2 rings (SSSR count). The van der Waals surface area contributed by atoms with Gasteiger partial charge in [0.1, 0.15) is 5.75 Å². The van der Waals surface area contributed by atoms with E-state index in [0.29, 0.717) is 5.02 Å². The molecular formula is C10H8BrClN2O. The van der Waals surface area contributed by atoms with E-state index in [0.717, 1.165) is 21.5 Å². The first-order valence-electron chi connectivity index (χ1n) is 4.25. The molecule has 0 unspecified atom stereocenters. The summed E-state index contributed by atoms with van der Waals surface area (Å²) >= 11 is 9.51. The highest BCUT2D eigenvalue weighted by Crippen LogP contribution is 2.33. The Morgan fingerprint density at radius 1 is 1.47 bits per heavy atom. The quantitative estimate of drug-likeness (QED) is 0.918. The fourth-order valence-corrected chi connectivity index (χ4v) is 1.96. The van der Waals surface area contributed by atoms with E-state index in [2.05, 4.69) is 26.1 Å². The van der Waals surface area contributed by atoms with Crippen LogP contribution in [0, 0.1) is 0 Å². The molecule has 3 nitrogen and oxygen atoms in total. The minimum atomic E-state index is 0.624. The molecule has 0 spiro atoms. The average Bonchev–Trinajstić information content (AvgIpc) is 2.64. The van der Waals surface area contributed by atoms with Gasteiger partial charge in [-0.05, 0) is 34.1 Å². The summed E-state index contributed by atoms with van der Waals surface area (Å²) in [7, 11) is 1.61. The van der Waals surface area contributed by atoms with Gasteiger partial charge in [0.05, 0.1) is 28.5 Å². The minimum Gasteiger partial charge on any atom is -0.497 e. The van der Waals surface area contributed by atoms with E-state index in [1.165, 1.54) is 0 Å². The van der Waals surface area contributed by atoms with Crippen molar-refractivity contribution in [2.45, 2.75) is 0 Å². The molecule has 78 valence electrons. The van der Waals surface area contributed by atoms with Gasteiger partial charge in [-0.3, -0.25) is 5.10 Å². The molecule has 0 atom stereocenters. The Balaban J connectivity index is 2.50. The lowest BCUT2D eigenvalue weighted by Gasteiger charge is -2.05. The lowest BCUT2D eigenvalue weighted by Crippen LogP contribution is -1.85. The molecule has 0 aliphatic carbocycles. The van der Waals surface area contributed by atoms with E-state index in [4.69, 9.17) is 16.3 Å². The molecule has 1 aromatic heterocycles. The first-order chi connectivity index (χ1) is 7.22. The third kappa shape index (κ3) is 2.01. The highest BCUT2D eigenvalue weighted by atomic mass is 79.9. The first kappa shape index (κ1) is 10.5. The third-order valence-electron chi connectivity index (χ3n) is 2.04. The summed E-state index contributed by atoms with van der Waals surface area (Å²) in [6.45, 7) is 0. The third-order valence-corrected chi connectivity index (χ3v) is 2.95. The number of rotatable bonds is 2. The van der Waals surface area contributed by atoms with Gasteiger partial charge >= 0.3 is 0 Å². The molecular weight excluding hydrogens is 279 g/mol. The fourth-order valence-electron chi connectivity index (χ4n) is 1.29. The molecule has 0 fully saturated rings. The molecule has 15 heavy (non-hydrogen) atoms. The SMILES string of the molecule is COc1ccc(-c2[nH]ncc2Br)c(Cl)c1. The number of ether oxygens (including phenoxy) is 1. The summed E-state index contributed by atoms with van der Waals surface area (Å²) in [5.41, 5.74) is 1.75. The van der Waals surface area contributed by atoms with Gasteiger partial charge in [0.2, 0.25) is 0 Å². The number of aromatic nitrogens is 2. The van der Waals surface area contributed by atoms with E-state index >= 15 is 0 Å². The number of hydrogen-bond donors (Lipinski definition) is 1. The van der Waals surface area contributed by atoms with Crippen LogP contribution in [0.2, 0.25) is 5.02 Å². The van der Waals surface area contributed by atoms with Crippen molar-refractivity contribution in [3.8, 4) is 17.0 Å². The lowest BCUT2D eigenvalue weighted by atomic mass is 10.1. The minimum absolute atomic E-state index is 0.624. The second kappa shape index (κ2) is 4.24. The van der Waals surface area contributed by atoms with Crippen LogP contribution in [0.3, 0.4) is 0 Å². The summed E-state index contributed by atoms with van der Waals surface area (Å²) in [4.78, 5) is 0. The molecule has 0 saturated carbocycles. The maximum absolute atomic E-state index is 6.12. The van der Waals surface area contributed by atoms with Gasteiger partial charge in [-0.1, -0.05) is 11.6 Å². The maximum atomic E-state index is 6.12. The van der Waals surface area contributed by atoms with Gasteiger partial charge in [0.15, 0.2) is 0 Å². The van der Waals surface area contributed by atoms with Crippen molar-refractivity contribution >= 4 is 27.5 Å². The molecule has 1 aromatic carbocycles. The van der Waals surface area contributed by atoms with Crippen LogP contribution >= 0.6 is 27.5 Å². The van der Waals surface area contributed by atoms with Crippen LogP contribution in [-0.4, -0.2) is 17.3 Å². The smallest absolute Gasteiger partial charge is 0.120 e. The summed E-state index contributed by atoms with van der Waals surface area (Å²) in [5.74, 6) is 0.736. The monoisotopic (exact) mass is 286 g/mol. The average molecular weight is 288 g/mol. The van der Waals surface area contributed by atoms with Gasteiger partial charge in [0.25, 0.3) is 0 Å². The topological polar surface area (TPSA) is 37.9 Å². The number of halogens is 2. The lowest BCUT2D eigenvalue weighted by molar-refractivity contribution is 0.415. The van der Waals surface area contributed by atoms with Crippen molar-refractivity contribution in [3.63, 3.8) is 0 Å². The summed E-state index contributed by atoms with van der Waals surface area (Å²) in [6.07, 6.45) is 1.69. The standard InChI is InChI=1S/C10H8BrClN2O/c1-15-6-2-3-7(9(12)4-6)10-8(11)5-13-14-10/h2-5H,1H3,(H,13,14). The second-order valence-corrected chi connectivity index (χ2v) is 4.20. The van der Waals surface area contributed by atoms with Gasteiger partial charge in [-0.15, -0.1) is 0 Å². The maximum Gasteiger partial charge on any atom is 0.120 e.